The largest absolute Gasteiger partial charge is 0.397 e. The van der Waals surface area contributed by atoms with Crippen LogP contribution in [0.25, 0.3) is 0 Å². The van der Waals surface area contributed by atoms with Gasteiger partial charge in [-0.15, -0.1) is 0 Å². The summed E-state index contributed by atoms with van der Waals surface area (Å²) < 4.78 is 38.8. The molecule has 0 saturated heterocycles. The Hall–Kier alpha value is -0.260. The Morgan fingerprint density at radius 1 is 1.14 bits per heavy atom. The SMILES string of the molecule is CC(C)(c1cccc(I)c1)C(F)(F)F. The van der Waals surface area contributed by atoms with Gasteiger partial charge in [-0.2, -0.15) is 13.2 Å². The minimum atomic E-state index is -4.21. The van der Waals surface area contributed by atoms with Crippen molar-refractivity contribution in [3.8, 4) is 0 Å². The fourth-order valence-corrected chi connectivity index (χ4v) is 1.58. The third-order valence-corrected chi connectivity index (χ3v) is 2.93. The highest BCUT2D eigenvalue weighted by Crippen LogP contribution is 2.40. The van der Waals surface area contributed by atoms with E-state index in [4.69, 9.17) is 0 Å². The van der Waals surface area contributed by atoms with Crippen molar-refractivity contribution in [1.82, 2.24) is 0 Å². The molecule has 0 radical (unpaired) electrons. The van der Waals surface area contributed by atoms with Crippen LogP contribution >= 0.6 is 22.6 Å². The van der Waals surface area contributed by atoms with E-state index in [1.807, 2.05) is 22.6 Å². The van der Waals surface area contributed by atoms with Crippen molar-refractivity contribution >= 4 is 22.6 Å². The second-order valence-electron chi connectivity index (χ2n) is 3.63. The smallest absolute Gasteiger partial charge is 0.170 e. The molecule has 0 aromatic heterocycles. The number of hydrogen-bond acceptors (Lipinski definition) is 0. The molecule has 0 saturated carbocycles. The molecule has 0 spiro atoms. The summed E-state index contributed by atoms with van der Waals surface area (Å²) in [5.74, 6) is 0. The molecule has 78 valence electrons. The molecular weight excluding hydrogens is 304 g/mol. The topological polar surface area (TPSA) is 0 Å². The summed E-state index contributed by atoms with van der Waals surface area (Å²) in [7, 11) is 0. The summed E-state index contributed by atoms with van der Waals surface area (Å²) in [4.78, 5) is 0. The molecular formula is C10H10F3I. The van der Waals surface area contributed by atoms with Crippen molar-refractivity contribution in [1.29, 1.82) is 0 Å². The molecule has 0 unspecified atom stereocenters. The molecule has 0 bridgehead atoms. The second-order valence-corrected chi connectivity index (χ2v) is 4.88. The van der Waals surface area contributed by atoms with E-state index in [2.05, 4.69) is 0 Å². The van der Waals surface area contributed by atoms with Gasteiger partial charge in [0, 0.05) is 3.57 Å². The van der Waals surface area contributed by atoms with E-state index in [0.717, 1.165) is 3.57 Å². The fraction of sp³-hybridized carbons (Fsp3) is 0.400. The van der Waals surface area contributed by atoms with Gasteiger partial charge in [0.25, 0.3) is 0 Å². The van der Waals surface area contributed by atoms with Gasteiger partial charge in [0.1, 0.15) is 0 Å². The number of hydrogen-bond donors (Lipinski definition) is 0. The first-order valence-electron chi connectivity index (χ1n) is 4.08. The zero-order valence-electron chi connectivity index (χ0n) is 7.82. The second kappa shape index (κ2) is 3.72. The van der Waals surface area contributed by atoms with Gasteiger partial charge >= 0.3 is 6.18 Å². The van der Waals surface area contributed by atoms with Gasteiger partial charge in [-0.05, 0) is 54.1 Å². The first-order valence-corrected chi connectivity index (χ1v) is 5.16. The molecule has 0 aliphatic heterocycles. The van der Waals surface area contributed by atoms with Crippen LogP contribution in [0.1, 0.15) is 19.4 Å². The fourth-order valence-electron chi connectivity index (χ4n) is 1.04. The molecule has 0 amide bonds. The lowest BCUT2D eigenvalue weighted by Gasteiger charge is -2.28. The molecule has 1 aromatic carbocycles. The summed E-state index contributed by atoms with van der Waals surface area (Å²) in [5, 5.41) is 0. The molecule has 0 fully saturated rings. The van der Waals surface area contributed by atoms with Crippen molar-refractivity contribution < 1.29 is 13.2 Å². The molecule has 0 heterocycles. The summed E-state index contributed by atoms with van der Waals surface area (Å²) in [6.07, 6.45) is -4.21. The first kappa shape index (κ1) is 11.8. The normalized spacial score (nSPS) is 13.0. The van der Waals surface area contributed by atoms with Crippen LogP contribution in [0.4, 0.5) is 13.2 Å². The zero-order chi connectivity index (χ0) is 11.0. The van der Waals surface area contributed by atoms with Crippen LogP contribution in [-0.2, 0) is 5.41 Å². The van der Waals surface area contributed by atoms with Crippen molar-refractivity contribution in [3.63, 3.8) is 0 Å². The van der Waals surface area contributed by atoms with Gasteiger partial charge in [-0.3, -0.25) is 0 Å². The van der Waals surface area contributed by atoms with Crippen LogP contribution in [0, 0.1) is 3.57 Å². The number of rotatable bonds is 1. The maximum atomic E-state index is 12.6. The third-order valence-electron chi connectivity index (χ3n) is 2.25. The lowest BCUT2D eigenvalue weighted by atomic mass is 9.84. The Bertz CT molecular complexity index is 328. The van der Waals surface area contributed by atoms with Gasteiger partial charge in [-0.1, -0.05) is 12.1 Å². The van der Waals surface area contributed by atoms with E-state index >= 15 is 0 Å². The zero-order valence-corrected chi connectivity index (χ0v) is 9.98. The van der Waals surface area contributed by atoms with Crippen LogP contribution in [-0.4, -0.2) is 6.18 Å². The minimum absolute atomic E-state index is 0.303. The predicted octanol–water partition coefficient (Wildman–Crippen LogP) is 4.13. The van der Waals surface area contributed by atoms with E-state index in [0.29, 0.717) is 5.56 Å². The van der Waals surface area contributed by atoms with Crippen LogP contribution in [0.3, 0.4) is 0 Å². The number of halogens is 4. The Morgan fingerprint density at radius 2 is 1.71 bits per heavy atom. The lowest BCUT2D eigenvalue weighted by Crippen LogP contribution is -2.36. The average Bonchev–Trinajstić information content (AvgIpc) is 2.02. The molecule has 0 N–H and O–H groups in total. The maximum Gasteiger partial charge on any atom is 0.397 e. The summed E-state index contributed by atoms with van der Waals surface area (Å²) >= 11 is 2.01. The highest BCUT2D eigenvalue weighted by molar-refractivity contribution is 14.1. The molecule has 1 aromatic rings. The maximum absolute atomic E-state index is 12.6. The molecule has 1 rings (SSSR count). The molecule has 14 heavy (non-hydrogen) atoms. The van der Waals surface area contributed by atoms with Gasteiger partial charge in [0.05, 0.1) is 5.41 Å². The molecule has 0 nitrogen and oxygen atoms in total. The number of alkyl halides is 3. The molecule has 4 heteroatoms. The average molecular weight is 314 g/mol. The van der Waals surface area contributed by atoms with Crippen molar-refractivity contribution in [2.24, 2.45) is 0 Å². The minimum Gasteiger partial charge on any atom is -0.170 e. The van der Waals surface area contributed by atoms with Crippen molar-refractivity contribution in [3.05, 3.63) is 33.4 Å². The van der Waals surface area contributed by atoms with Crippen LogP contribution in [0.5, 0.6) is 0 Å². The molecule has 0 aliphatic carbocycles. The van der Waals surface area contributed by atoms with Crippen molar-refractivity contribution in [2.75, 3.05) is 0 Å². The first-order chi connectivity index (χ1) is 6.25. The Kier molecular flexibility index (Phi) is 3.13. The third kappa shape index (κ3) is 2.21. The Balaban J connectivity index is 3.16. The quantitative estimate of drug-likeness (QED) is 0.684. The highest BCUT2D eigenvalue weighted by Gasteiger charge is 2.48. The van der Waals surface area contributed by atoms with E-state index < -0.39 is 11.6 Å². The molecule has 0 atom stereocenters. The van der Waals surface area contributed by atoms with Crippen LogP contribution in [0.2, 0.25) is 0 Å². The van der Waals surface area contributed by atoms with Gasteiger partial charge in [-0.25, -0.2) is 0 Å². The standard InChI is InChI=1S/C10H10F3I/c1-9(2,10(11,12)13)7-4-3-5-8(14)6-7/h3-6H,1-2H3. The summed E-state index contributed by atoms with van der Waals surface area (Å²) in [6, 6.07) is 6.49. The van der Waals surface area contributed by atoms with E-state index in [-0.39, 0.29) is 0 Å². The van der Waals surface area contributed by atoms with Gasteiger partial charge < -0.3 is 0 Å². The van der Waals surface area contributed by atoms with Crippen LogP contribution in [0.15, 0.2) is 24.3 Å². The van der Waals surface area contributed by atoms with Crippen LogP contribution < -0.4 is 0 Å². The Morgan fingerprint density at radius 3 is 2.14 bits per heavy atom. The van der Waals surface area contributed by atoms with E-state index in [1.54, 1.807) is 18.2 Å². The number of benzene rings is 1. The van der Waals surface area contributed by atoms with E-state index in [1.165, 1.54) is 19.9 Å². The van der Waals surface area contributed by atoms with Crippen molar-refractivity contribution in [2.45, 2.75) is 25.4 Å². The lowest BCUT2D eigenvalue weighted by molar-refractivity contribution is -0.180. The monoisotopic (exact) mass is 314 g/mol. The summed E-state index contributed by atoms with van der Waals surface area (Å²) in [5.41, 5.74) is -1.48. The van der Waals surface area contributed by atoms with E-state index in [9.17, 15) is 13.2 Å². The molecule has 0 aliphatic rings. The predicted molar refractivity (Wildman–Crippen MR) is 58.2 cm³/mol. The highest BCUT2D eigenvalue weighted by atomic mass is 127. The summed E-state index contributed by atoms with van der Waals surface area (Å²) in [6.45, 7) is 2.39. The Labute approximate surface area is 94.6 Å². The van der Waals surface area contributed by atoms with Gasteiger partial charge in [0.2, 0.25) is 0 Å². The van der Waals surface area contributed by atoms with Gasteiger partial charge in [0.15, 0.2) is 0 Å².